The van der Waals surface area contributed by atoms with E-state index in [4.69, 9.17) is 0 Å². The number of carbonyl (C=O) groups excluding carboxylic acids is 1. The Balaban J connectivity index is 1.62. The molecule has 1 aromatic heterocycles. The van der Waals surface area contributed by atoms with Crippen molar-refractivity contribution in [2.24, 2.45) is 0 Å². The van der Waals surface area contributed by atoms with Gasteiger partial charge in [-0.15, -0.1) is 5.10 Å². The maximum atomic E-state index is 12.2. The number of nitrogens with zero attached hydrogens (tertiary/aromatic N) is 3. The van der Waals surface area contributed by atoms with Crippen molar-refractivity contribution >= 4 is 5.91 Å². The zero-order valence-corrected chi connectivity index (χ0v) is 12.9. The number of benzene rings is 2. The van der Waals surface area contributed by atoms with Crippen molar-refractivity contribution in [3.8, 4) is 5.69 Å². The van der Waals surface area contributed by atoms with Crippen molar-refractivity contribution in [1.82, 2.24) is 20.3 Å². The standard InChI is InChI=1S/C18H18N4O/c1-14(15-8-4-2-5-9-15)12-19-18(23)17-13-20-22(21-17)16-10-6-3-7-11-16/h2-11,13-14H,12H2,1H3,(H,19,23)/t14-/m0/s1. The average Bonchev–Trinajstić information content (AvgIpc) is 3.11. The van der Waals surface area contributed by atoms with Crippen LogP contribution in [0.25, 0.3) is 5.69 Å². The molecule has 0 saturated carbocycles. The van der Waals surface area contributed by atoms with Gasteiger partial charge in [-0.2, -0.15) is 9.90 Å². The Morgan fingerprint density at radius 3 is 2.43 bits per heavy atom. The molecule has 2 aromatic carbocycles. The largest absolute Gasteiger partial charge is 0.350 e. The molecule has 1 heterocycles. The molecule has 0 fully saturated rings. The van der Waals surface area contributed by atoms with Crippen molar-refractivity contribution in [2.45, 2.75) is 12.8 Å². The molecule has 5 heteroatoms. The van der Waals surface area contributed by atoms with Crippen LogP contribution in [0.15, 0.2) is 66.9 Å². The van der Waals surface area contributed by atoms with Crippen LogP contribution in [-0.2, 0) is 0 Å². The fourth-order valence-corrected chi connectivity index (χ4v) is 2.29. The minimum absolute atomic E-state index is 0.213. The third-order valence-electron chi connectivity index (χ3n) is 3.65. The molecule has 5 nitrogen and oxygen atoms in total. The summed E-state index contributed by atoms with van der Waals surface area (Å²) in [6.07, 6.45) is 1.48. The first-order valence-corrected chi connectivity index (χ1v) is 7.55. The zero-order valence-electron chi connectivity index (χ0n) is 12.9. The number of amides is 1. The van der Waals surface area contributed by atoms with Crippen LogP contribution in [0.5, 0.6) is 0 Å². The van der Waals surface area contributed by atoms with E-state index >= 15 is 0 Å². The monoisotopic (exact) mass is 306 g/mol. The maximum absolute atomic E-state index is 12.2. The van der Waals surface area contributed by atoms with Gasteiger partial charge in [0.1, 0.15) is 0 Å². The van der Waals surface area contributed by atoms with Crippen LogP contribution in [0.4, 0.5) is 0 Å². The van der Waals surface area contributed by atoms with E-state index in [0.29, 0.717) is 12.2 Å². The zero-order chi connectivity index (χ0) is 16.1. The molecule has 1 atom stereocenters. The molecule has 116 valence electrons. The van der Waals surface area contributed by atoms with Crippen LogP contribution in [0.3, 0.4) is 0 Å². The van der Waals surface area contributed by atoms with E-state index in [1.165, 1.54) is 16.6 Å². The first-order valence-electron chi connectivity index (χ1n) is 7.55. The summed E-state index contributed by atoms with van der Waals surface area (Å²) in [5, 5.41) is 11.3. The summed E-state index contributed by atoms with van der Waals surface area (Å²) < 4.78 is 0. The molecule has 3 rings (SSSR count). The van der Waals surface area contributed by atoms with Gasteiger partial charge in [0.2, 0.25) is 0 Å². The van der Waals surface area contributed by atoms with E-state index in [-0.39, 0.29) is 11.8 Å². The number of nitrogens with one attached hydrogen (secondary N) is 1. The average molecular weight is 306 g/mol. The summed E-state index contributed by atoms with van der Waals surface area (Å²) in [5.74, 6) is 0.0271. The number of hydrogen-bond acceptors (Lipinski definition) is 3. The highest BCUT2D eigenvalue weighted by Gasteiger charge is 2.13. The molecule has 0 spiro atoms. The molecule has 0 aliphatic carbocycles. The lowest BCUT2D eigenvalue weighted by atomic mass is 10.0. The number of para-hydroxylation sites is 1. The van der Waals surface area contributed by atoms with Crippen LogP contribution in [0, 0.1) is 0 Å². The number of hydrogen-bond donors (Lipinski definition) is 1. The summed E-state index contributed by atoms with van der Waals surface area (Å²) >= 11 is 0. The Kier molecular flexibility index (Phi) is 4.47. The molecule has 0 bridgehead atoms. The molecule has 0 radical (unpaired) electrons. The smallest absolute Gasteiger partial charge is 0.273 e. The van der Waals surface area contributed by atoms with Gasteiger partial charge in [0, 0.05) is 6.54 Å². The third-order valence-corrected chi connectivity index (χ3v) is 3.65. The summed E-state index contributed by atoms with van der Waals surface area (Å²) in [6.45, 7) is 2.64. The fraction of sp³-hybridized carbons (Fsp3) is 0.167. The van der Waals surface area contributed by atoms with Gasteiger partial charge in [-0.05, 0) is 23.6 Å². The summed E-state index contributed by atoms with van der Waals surface area (Å²) in [7, 11) is 0. The van der Waals surface area contributed by atoms with Crippen LogP contribution < -0.4 is 5.32 Å². The first-order chi connectivity index (χ1) is 11.2. The molecule has 0 saturated heterocycles. The van der Waals surface area contributed by atoms with Crippen molar-refractivity contribution < 1.29 is 4.79 Å². The summed E-state index contributed by atoms with van der Waals surface area (Å²) in [5.41, 5.74) is 2.33. The predicted octanol–water partition coefficient (Wildman–Crippen LogP) is 2.80. The first kappa shape index (κ1) is 15.0. The van der Waals surface area contributed by atoms with Gasteiger partial charge >= 0.3 is 0 Å². The lowest BCUT2D eigenvalue weighted by Crippen LogP contribution is -2.28. The minimum Gasteiger partial charge on any atom is -0.350 e. The van der Waals surface area contributed by atoms with Crippen molar-refractivity contribution in [3.05, 3.63) is 78.1 Å². The van der Waals surface area contributed by atoms with Crippen LogP contribution >= 0.6 is 0 Å². The van der Waals surface area contributed by atoms with Gasteiger partial charge in [-0.1, -0.05) is 55.5 Å². The highest BCUT2D eigenvalue weighted by Crippen LogP contribution is 2.13. The van der Waals surface area contributed by atoms with Gasteiger partial charge in [0.05, 0.1) is 11.9 Å². The molecule has 1 amide bonds. The van der Waals surface area contributed by atoms with Crippen LogP contribution in [0.1, 0.15) is 28.9 Å². The minimum atomic E-state index is -0.213. The molecule has 0 unspecified atom stereocenters. The lowest BCUT2D eigenvalue weighted by molar-refractivity contribution is 0.0946. The second-order valence-electron chi connectivity index (χ2n) is 5.38. The molecule has 0 aliphatic rings. The van der Waals surface area contributed by atoms with Gasteiger partial charge in [-0.25, -0.2) is 0 Å². The summed E-state index contributed by atoms with van der Waals surface area (Å²) in [4.78, 5) is 13.7. The van der Waals surface area contributed by atoms with Gasteiger partial charge < -0.3 is 5.32 Å². The number of carbonyl (C=O) groups is 1. The Labute approximate surface area is 135 Å². The van der Waals surface area contributed by atoms with E-state index in [1.54, 1.807) is 0 Å². The fourth-order valence-electron chi connectivity index (χ4n) is 2.29. The van der Waals surface area contributed by atoms with Crippen molar-refractivity contribution in [2.75, 3.05) is 6.54 Å². The quantitative estimate of drug-likeness (QED) is 0.788. The second kappa shape index (κ2) is 6.87. The molecular formula is C18H18N4O. The molecule has 1 N–H and O–H groups in total. The SMILES string of the molecule is C[C@@H](CNC(=O)c1cnn(-c2ccccc2)n1)c1ccccc1. The Morgan fingerprint density at radius 2 is 1.74 bits per heavy atom. The van der Waals surface area contributed by atoms with Gasteiger partial charge in [0.25, 0.3) is 5.91 Å². The molecule has 0 aliphatic heterocycles. The molecular weight excluding hydrogens is 288 g/mol. The van der Waals surface area contributed by atoms with E-state index in [2.05, 4.69) is 34.6 Å². The highest BCUT2D eigenvalue weighted by molar-refractivity contribution is 5.91. The van der Waals surface area contributed by atoms with E-state index in [9.17, 15) is 4.79 Å². The Bertz CT molecular complexity index is 768. The second-order valence-corrected chi connectivity index (χ2v) is 5.38. The highest BCUT2D eigenvalue weighted by atomic mass is 16.2. The van der Waals surface area contributed by atoms with Crippen LogP contribution in [0.2, 0.25) is 0 Å². The number of rotatable bonds is 5. The van der Waals surface area contributed by atoms with Gasteiger partial charge in [0.15, 0.2) is 5.69 Å². The predicted molar refractivity (Wildman–Crippen MR) is 88.5 cm³/mol. The topological polar surface area (TPSA) is 59.8 Å². The third kappa shape index (κ3) is 3.63. The molecule has 23 heavy (non-hydrogen) atoms. The summed E-state index contributed by atoms with van der Waals surface area (Å²) in [6, 6.07) is 19.6. The number of aromatic nitrogens is 3. The van der Waals surface area contributed by atoms with Crippen molar-refractivity contribution in [1.29, 1.82) is 0 Å². The van der Waals surface area contributed by atoms with Crippen molar-refractivity contribution in [3.63, 3.8) is 0 Å². The van der Waals surface area contributed by atoms with E-state index < -0.39 is 0 Å². The maximum Gasteiger partial charge on any atom is 0.273 e. The lowest BCUT2D eigenvalue weighted by Gasteiger charge is -2.12. The van der Waals surface area contributed by atoms with Gasteiger partial charge in [-0.3, -0.25) is 4.79 Å². The Morgan fingerprint density at radius 1 is 1.09 bits per heavy atom. The van der Waals surface area contributed by atoms with E-state index in [0.717, 1.165) is 5.69 Å². The molecule has 3 aromatic rings. The normalized spacial score (nSPS) is 11.9. The van der Waals surface area contributed by atoms with E-state index in [1.807, 2.05) is 48.5 Å². The Hall–Kier alpha value is -2.95. The van der Waals surface area contributed by atoms with Crippen LogP contribution in [-0.4, -0.2) is 27.4 Å².